The predicted octanol–water partition coefficient (Wildman–Crippen LogP) is 2.34. The molecule has 3 rings (SSSR count). The fourth-order valence-corrected chi connectivity index (χ4v) is 2.96. The summed E-state index contributed by atoms with van der Waals surface area (Å²) >= 11 is 0. The maximum absolute atomic E-state index is 12.7. The van der Waals surface area contributed by atoms with Crippen molar-refractivity contribution in [2.75, 3.05) is 33.3 Å². The summed E-state index contributed by atoms with van der Waals surface area (Å²) in [5.74, 6) is 2.41. The molecule has 0 spiro atoms. The second-order valence-corrected chi connectivity index (χ2v) is 6.02. The first kappa shape index (κ1) is 16.5. The van der Waals surface area contributed by atoms with Gasteiger partial charge < -0.3 is 14.1 Å². The number of aryl methyl sites for hydroxylation is 1. The van der Waals surface area contributed by atoms with Gasteiger partial charge in [0.05, 0.1) is 13.7 Å². The zero-order chi connectivity index (χ0) is 16.9. The van der Waals surface area contributed by atoms with Crippen LogP contribution in [0.5, 0.6) is 5.88 Å². The Balaban J connectivity index is 1.61. The van der Waals surface area contributed by atoms with Gasteiger partial charge >= 0.3 is 0 Å². The molecule has 128 valence electrons. The number of hydrogen-bond donors (Lipinski definition) is 0. The standard InChI is InChI=1S/C18H23N3O3/c1-14-4-5-16(24-14)13-20-8-3-9-21(11-10-20)18(22)15-6-7-19-17(12-15)23-2/h4-7,12H,3,8-11,13H2,1-2H3. The first-order valence-electron chi connectivity index (χ1n) is 8.22. The van der Waals surface area contributed by atoms with E-state index in [4.69, 9.17) is 9.15 Å². The molecule has 0 bridgehead atoms. The molecule has 1 amide bonds. The minimum Gasteiger partial charge on any atom is -0.481 e. The number of nitrogens with zero attached hydrogens (tertiary/aromatic N) is 3. The minimum absolute atomic E-state index is 0.0337. The summed E-state index contributed by atoms with van der Waals surface area (Å²) < 4.78 is 10.8. The fraction of sp³-hybridized carbons (Fsp3) is 0.444. The van der Waals surface area contributed by atoms with Crippen molar-refractivity contribution in [2.24, 2.45) is 0 Å². The Morgan fingerprint density at radius 1 is 1.25 bits per heavy atom. The summed E-state index contributed by atoms with van der Waals surface area (Å²) in [7, 11) is 1.55. The van der Waals surface area contributed by atoms with Gasteiger partial charge in [-0.05, 0) is 31.5 Å². The third-order valence-corrected chi connectivity index (χ3v) is 4.24. The van der Waals surface area contributed by atoms with E-state index in [0.717, 1.165) is 44.1 Å². The molecule has 6 nitrogen and oxygen atoms in total. The quantitative estimate of drug-likeness (QED) is 0.862. The molecule has 24 heavy (non-hydrogen) atoms. The van der Waals surface area contributed by atoms with Crippen molar-refractivity contribution in [3.63, 3.8) is 0 Å². The lowest BCUT2D eigenvalue weighted by Crippen LogP contribution is -2.35. The van der Waals surface area contributed by atoms with Crippen LogP contribution in [0.2, 0.25) is 0 Å². The smallest absolute Gasteiger partial charge is 0.254 e. The number of pyridine rings is 1. The first-order chi connectivity index (χ1) is 11.7. The summed E-state index contributed by atoms with van der Waals surface area (Å²) in [5, 5.41) is 0. The topological polar surface area (TPSA) is 58.8 Å². The highest BCUT2D eigenvalue weighted by molar-refractivity contribution is 5.94. The number of carbonyl (C=O) groups is 1. The highest BCUT2D eigenvalue weighted by Gasteiger charge is 2.21. The van der Waals surface area contributed by atoms with E-state index in [-0.39, 0.29) is 5.91 Å². The molecule has 6 heteroatoms. The normalized spacial score (nSPS) is 16.0. The average molecular weight is 329 g/mol. The summed E-state index contributed by atoms with van der Waals surface area (Å²) in [6, 6.07) is 7.43. The van der Waals surface area contributed by atoms with Gasteiger partial charge in [-0.2, -0.15) is 0 Å². The van der Waals surface area contributed by atoms with E-state index in [1.165, 1.54) is 0 Å². The van der Waals surface area contributed by atoms with Crippen molar-refractivity contribution in [3.05, 3.63) is 47.5 Å². The lowest BCUT2D eigenvalue weighted by atomic mass is 10.2. The number of hydrogen-bond acceptors (Lipinski definition) is 5. The number of aromatic nitrogens is 1. The van der Waals surface area contributed by atoms with E-state index in [9.17, 15) is 4.79 Å². The number of furan rings is 1. The molecule has 3 heterocycles. The highest BCUT2D eigenvalue weighted by Crippen LogP contribution is 2.15. The van der Waals surface area contributed by atoms with Crippen molar-refractivity contribution in [2.45, 2.75) is 19.9 Å². The third-order valence-electron chi connectivity index (χ3n) is 4.24. The number of methoxy groups -OCH3 is 1. The maximum atomic E-state index is 12.7. The van der Waals surface area contributed by atoms with E-state index in [1.807, 2.05) is 24.0 Å². The summed E-state index contributed by atoms with van der Waals surface area (Å²) in [4.78, 5) is 21.0. The largest absolute Gasteiger partial charge is 0.481 e. The number of rotatable bonds is 4. The molecular weight excluding hydrogens is 306 g/mol. The van der Waals surface area contributed by atoms with E-state index in [1.54, 1.807) is 25.4 Å². The van der Waals surface area contributed by atoms with Crippen LogP contribution in [0.4, 0.5) is 0 Å². The summed E-state index contributed by atoms with van der Waals surface area (Å²) in [6.07, 6.45) is 2.56. The Hall–Kier alpha value is -2.34. The second kappa shape index (κ2) is 7.49. The number of amides is 1. The van der Waals surface area contributed by atoms with Crippen LogP contribution in [-0.4, -0.2) is 54.0 Å². The molecule has 0 atom stereocenters. The highest BCUT2D eigenvalue weighted by atomic mass is 16.5. The number of carbonyl (C=O) groups excluding carboxylic acids is 1. The molecule has 1 aliphatic heterocycles. The SMILES string of the molecule is COc1cc(C(=O)N2CCCN(Cc3ccc(C)o3)CC2)ccn1. The van der Waals surface area contributed by atoms with Crippen LogP contribution in [0.3, 0.4) is 0 Å². The Morgan fingerprint density at radius 3 is 2.88 bits per heavy atom. The monoisotopic (exact) mass is 329 g/mol. The van der Waals surface area contributed by atoms with Gasteiger partial charge in [0.15, 0.2) is 0 Å². The molecule has 0 unspecified atom stereocenters. The molecule has 0 radical (unpaired) electrons. The molecular formula is C18H23N3O3. The van der Waals surface area contributed by atoms with Crippen LogP contribution in [0.1, 0.15) is 28.3 Å². The van der Waals surface area contributed by atoms with Crippen LogP contribution in [0.15, 0.2) is 34.9 Å². The van der Waals surface area contributed by atoms with Crippen LogP contribution >= 0.6 is 0 Å². The van der Waals surface area contributed by atoms with E-state index >= 15 is 0 Å². The van der Waals surface area contributed by atoms with Crippen molar-refractivity contribution in [1.29, 1.82) is 0 Å². The molecule has 0 aliphatic carbocycles. The molecule has 1 fully saturated rings. The second-order valence-electron chi connectivity index (χ2n) is 6.02. The van der Waals surface area contributed by atoms with Gasteiger partial charge in [-0.1, -0.05) is 0 Å². The van der Waals surface area contributed by atoms with Crippen LogP contribution in [0.25, 0.3) is 0 Å². The molecule has 1 aliphatic rings. The van der Waals surface area contributed by atoms with Gasteiger partial charge in [0.2, 0.25) is 5.88 Å². The lowest BCUT2D eigenvalue weighted by molar-refractivity contribution is 0.0760. The van der Waals surface area contributed by atoms with Crippen LogP contribution in [-0.2, 0) is 6.54 Å². The van der Waals surface area contributed by atoms with Crippen molar-refractivity contribution < 1.29 is 13.9 Å². The van der Waals surface area contributed by atoms with E-state index in [0.29, 0.717) is 18.0 Å². The van der Waals surface area contributed by atoms with E-state index in [2.05, 4.69) is 9.88 Å². The zero-order valence-corrected chi connectivity index (χ0v) is 14.2. The van der Waals surface area contributed by atoms with Crippen molar-refractivity contribution in [3.8, 4) is 5.88 Å². The van der Waals surface area contributed by atoms with Crippen molar-refractivity contribution >= 4 is 5.91 Å². The first-order valence-corrected chi connectivity index (χ1v) is 8.22. The van der Waals surface area contributed by atoms with Crippen molar-refractivity contribution in [1.82, 2.24) is 14.8 Å². The molecule has 2 aromatic heterocycles. The summed E-state index contributed by atoms with van der Waals surface area (Å²) in [5.41, 5.74) is 0.622. The van der Waals surface area contributed by atoms with Gasteiger partial charge in [0.25, 0.3) is 5.91 Å². The molecule has 0 N–H and O–H groups in total. The Labute approximate surface area is 142 Å². The van der Waals surface area contributed by atoms with E-state index < -0.39 is 0 Å². The third kappa shape index (κ3) is 3.94. The average Bonchev–Trinajstić information content (AvgIpc) is 2.87. The van der Waals surface area contributed by atoms with Gasteiger partial charge in [-0.3, -0.25) is 9.69 Å². The Morgan fingerprint density at radius 2 is 2.12 bits per heavy atom. The van der Waals surface area contributed by atoms with Gasteiger partial charge in [0.1, 0.15) is 11.5 Å². The Kier molecular flexibility index (Phi) is 5.15. The zero-order valence-electron chi connectivity index (χ0n) is 14.2. The lowest BCUT2D eigenvalue weighted by Gasteiger charge is -2.21. The molecule has 0 aromatic carbocycles. The number of ether oxygens (including phenoxy) is 1. The molecule has 1 saturated heterocycles. The van der Waals surface area contributed by atoms with Gasteiger partial charge in [-0.15, -0.1) is 0 Å². The molecule has 0 saturated carbocycles. The fourth-order valence-electron chi connectivity index (χ4n) is 2.96. The predicted molar refractivity (Wildman–Crippen MR) is 90.0 cm³/mol. The summed E-state index contributed by atoms with van der Waals surface area (Å²) in [6.45, 7) is 6.02. The van der Waals surface area contributed by atoms with Gasteiger partial charge in [-0.25, -0.2) is 4.98 Å². The van der Waals surface area contributed by atoms with Gasteiger partial charge in [0, 0.05) is 44.0 Å². The minimum atomic E-state index is 0.0337. The van der Waals surface area contributed by atoms with Crippen LogP contribution in [0, 0.1) is 6.92 Å². The Bertz CT molecular complexity index is 698. The molecule has 2 aromatic rings. The van der Waals surface area contributed by atoms with Crippen LogP contribution < -0.4 is 4.74 Å². The maximum Gasteiger partial charge on any atom is 0.254 e.